The number of ether oxygens (including phenoxy) is 1. The number of hydrogen-bond acceptors (Lipinski definition) is 4. The lowest BCUT2D eigenvalue weighted by atomic mass is 9.97. The molecule has 178 valence electrons. The smallest absolute Gasteiger partial charge is 0.327 e. The Kier molecular flexibility index (Phi) is 9.20. The predicted octanol–water partition coefficient (Wildman–Crippen LogP) is 5.97. The molecule has 0 aliphatic heterocycles. The van der Waals surface area contributed by atoms with Gasteiger partial charge < -0.3 is 4.74 Å². The number of Topliss-reactive ketones (excluding diaryl/α,β-unsaturated/α-hetero) is 1. The quantitative estimate of drug-likeness (QED) is 0.187. The van der Waals surface area contributed by atoms with Crippen LogP contribution in [-0.2, 0) is 33.8 Å². The van der Waals surface area contributed by atoms with Gasteiger partial charge in [0.05, 0.1) is 6.04 Å². The molecule has 3 aromatic rings. The van der Waals surface area contributed by atoms with Crippen molar-refractivity contribution in [3.05, 3.63) is 108 Å². The van der Waals surface area contributed by atoms with E-state index in [0.717, 1.165) is 16.7 Å². The number of esters is 1. The molecule has 0 fully saturated rings. The van der Waals surface area contributed by atoms with E-state index in [4.69, 9.17) is 4.74 Å². The van der Waals surface area contributed by atoms with Crippen molar-refractivity contribution in [2.24, 2.45) is 0 Å². The molecule has 5 heteroatoms. The van der Waals surface area contributed by atoms with Gasteiger partial charge in [0.15, 0.2) is 10.6 Å². The van der Waals surface area contributed by atoms with Gasteiger partial charge in [-0.2, -0.15) is 0 Å². The van der Waals surface area contributed by atoms with Crippen LogP contribution >= 0.6 is 15.9 Å². The maximum atomic E-state index is 13.8. The van der Waals surface area contributed by atoms with Crippen LogP contribution in [0.1, 0.15) is 37.5 Å². The SMILES string of the molecule is CC(C)(C)OC(=O)C(Br)C(=O)C(Cc1ccccc1)N(Cc1ccccc1)Cc1ccccc1. The summed E-state index contributed by atoms with van der Waals surface area (Å²) in [5.41, 5.74) is 2.57. The van der Waals surface area contributed by atoms with Crippen molar-refractivity contribution in [3.63, 3.8) is 0 Å². The Morgan fingerprint density at radius 1 is 0.765 bits per heavy atom. The van der Waals surface area contributed by atoms with Crippen LogP contribution < -0.4 is 0 Å². The topological polar surface area (TPSA) is 46.6 Å². The van der Waals surface area contributed by atoms with Crippen LogP contribution in [0.3, 0.4) is 0 Å². The lowest BCUT2D eigenvalue weighted by Crippen LogP contribution is -2.47. The normalized spacial score (nSPS) is 13.3. The minimum atomic E-state index is -1.05. The van der Waals surface area contributed by atoms with Gasteiger partial charge in [0.25, 0.3) is 0 Å². The minimum absolute atomic E-state index is 0.204. The van der Waals surface area contributed by atoms with Crippen molar-refractivity contribution < 1.29 is 14.3 Å². The maximum absolute atomic E-state index is 13.8. The first-order chi connectivity index (χ1) is 16.2. The number of halogens is 1. The van der Waals surface area contributed by atoms with E-state index in [-0.39, 0.29) is 5.78 Å². The highest BCUT2D eigenvalue weighted by Gasteiger charge is 2.36. The van der Waals surface area contributed by atoms with E-state index in [1.807, 2.05) is 66.7 Å². The van der Waals surface area contributed by atoms with Crippen molar-refractivity contribution in [2.75, 3.05) is 0 Å². The summed E-state index contributed by atoms with van der Waals surface area (Å²) in [4.78, 5) is 27.7. The third-order valence-corrected chi connectivity index (χ3v) is 6.19. The van der Waals surface area contributed by atoms with Gasteiger partial charge in [0.1, 0.15) is 5.60 Å². The van der Waals surface area contributed by atoms with Gasteiger partial charge in [-0.15, -0.1) is 0 Å². The minimum Gasteiger partial charge on any atom is -0.459 e. The highest BCUT2D eigenvalue weighted by molar-refractivity contribution is 9.10. The van der Waals surface area contributed by atoms with Crippen LogP contribution in [0.15, 0.2) is 91.0 Å². The van der Waals surface area contributed by atoms with E-state index < -0.39 is 22.4 Å². The molecule has 0 aliphatic rings. The molecule has 3 rings (SSSR count). The average Bonchev–Trinajstić information content (AvgIpc) is 2.82. The second-order valence-corrected chi connectivity index (χ2v) is 10.3. The van der Waals surface area contributed by atoms with Crippen molar-refractivity contribution in [1.82, 2.24) is 4.90 Å². The molecule has 4 nitrogen and oxygen atoms in total. The molecule has 2 unspecified atom stereocenters. The molecule has 0 N–H and O–H groups in total. The van der Waals surface area contributed by atoms with Gasteiger partial charge >= 0.3 is 5.97 Å². The summed E-state index contributed by atoms with van der Waals surface area (Å²) < 4.78 is 5.51. The molecule has 34 heavy (non-hydrogen) atoms. The fourth-order valence-corrected chi connectivity index (χ4v) is 4.20. The van der Waals surface area contributed by atoms with Crippen LogP contribution in [0.25, 0.3) is 0 Å². The van der Waals surface area contributed by atoms with Crippen LogP contribution in [0.4, 0.5) is 0 Å². The molecule has 0 aromatic heterocycles. The van der Waals surface area contributed by atoms with Crippen molar-refractivity contribution in [3.8, 4) is 0 Å². The molecule has 2 atom stereocenters. The van der Waals surface area contributed by atoms with E-state index in [1.165, 1.54) is 0 Å². The summed E-state index contributed by atoms with van der Waals surface area (Å²) in [6.45, 7) is 6.55. The molecule has 0 radical (unpaired) electrons. The van der Waals surface area contributed by atoms with Gasteiger partial charge in [0.2, 0.25) is 0 Å². The fourth-order valence-electron chi connectivity index (χ4n) is 3.80. The van der Waals surface area contributed by atoms with Crippen LogP contribution in [0.2, 0.25) is 0 Å². The van der Waals surface area contributed by atoms with Crippen molar-refractivity contribution >= 4 is 27.7 Å². The summed E-state index contributed by atoms with van der Waals surface area (Å²) in [6, 6.07) is 29.6. The summed E-state index contributed by atoms with van der Waals surface area (Å²) >= 11 is 3.36. The third kappa shape index (κ3) is 7.93. The highest BCUT2D eigenvalue weighted by atomic mass is 79.9. The van der Waals surface area contributed by atoms with E-state index in [9.17, 15) is 9.59 Å². The molecular weight excluding hydrogens is 490 g/mol. The molecule has 0 saturated carbocycles. The average molecular weight is 522 g/mol. The van der Waals surface area contributed by atoms with Crippen molar-refractivity contribution in [1.29, 1.82) is 0 Å². The lowest BCUT2D eigenvalue weighted by molar-refractivity contribution is -0.155. The molecule has 0 saturated heterocycles. The molecular formula is C29H32BrNO3. The Bertz CT molecular complexity index is 1010. The zero-order chi connectivity index (χ0) is 24.6. The standard InChI is InChI=1S/C29H32BrNO3/c1-29(2,3)34-28(33)26(30)27(32)25(19-22-13-7-4-8-14-22)31(20-23-15-9-5-10-16-23)21-24-17-11-6-12-18-24/h4-18,25-26H,19-21H2,1-3H3. The van der Waals surface area contributed by atoms with E-state index in [0.29, 0.717) is 19.5 Å². The Balaban J connectivity index is 1.96. The molecule has 0 amide bonds. The largest absolute Gasteiger partial charge is 0.459 e. The summed E-state index contributed by atoms with van der Waals surface area (Å²) in [5, 5.41) is 0. The molecule has 0 aliphatic carbocycles. The van der Waals surface area contributed by atoms with Crippen LogP contribution in [0.5, 0.6) is 0 Å². The number of nitrogens with zero attached hydrogens (tertiary/aromatic N) is 1. The Morgan fingerprint density at radius 2 is 1.18 bits per heavy atom. The maximum Gasteiger partial charge on any atom is 0.327 e. The number of carbonyl (C=O) groups excluding carboxylic acids is 2. The fraction of sp³-hybridized carbons (Fsp3) is 0.310. The highest BCUT2D eigenvalue weighted by Crippen LogP contribution is 2.22. The first kappa shape index (κ1) is 25.9. The summed E-state index contributed by atoms with van der Waals surface area (Å²) in [5.74, 6) is -0.764. The monoisotopic (exact) mass is 521 g/mol. The summed E-state index contributed by atoms with van der Waals surface area (Å²) in [7, 11) is 0. The van der Waals surface area contributed by atoms with E-state index in [2.05, 4.69) is 45.1 Å². The molecule has 0 spiro atoms. The third-order valence-electron chi connectivity index (χ3n) is 5.36. The van der Waals surface area contributed by atoms with E-state index in [1.54, 1.807) is 20.8 Å². The second kappa shape index (κ2) is 12.1. The number of rotatable bonds is 10. The van der Waals surface area contributed by atoms with Gasteiger partial charge in [-0.1, -0.05) is 107 Å². The number of benzene rings is 3. The zero-order valence-electron chi connectivity index (χ0n) is 20.0. The predicted molar refractivity (Wildman–Crippen MR) is 140 cm³/mol. The number of hydrogen-bond donors (Lipinski definition) is 0. The first-order valence-corrected chi connectivity index (χ1v) is 12.4. The molecule has 0 heterocycles. The van der Waals surface area contributed by atoms with Gasteiger partial charge in [-0.3, -0.25) is 14.5 Å². The number of alkyl halides is 1. The number of carbonyl (C=O) groups is 2. The molecule has 0 bridgehead atoms. The number of ketones is 1. The van der Waals surface area contributed by atoms with Gasteiger partial charge in [0, 0.05) is 13.1 Å². The van der Waals surface area contributed by atoms with Gasteiger partial charge in [-0.05, 0) is 43.9 Å². The zero-order valence-corrected chi connectivity index (χ0v) is 21.6. The molecule has 3 aromatic carbocycles. The Morgan fingerprint density at radius 3 is 1.59 bits per heavy atom. The second-order valence-electron chi connectivity index (χ2n) is 9.38. The Hall–Kier alpha value is -2.76. The van der Waals surface area contributed by atoms with Gasteiger partial charge in [-0.25, -0.2) is 0 Å². The van der Waals surface area contributed by atoms with E-state index >= 15 is 0 Å². The Labute approximate surface area is 211 Å². The summed E-state index contributed by atoms with van der Waals surface area (Å²) in [6.07, 6.45) is 0.490. The van der Waals surface area contributed by atoms with Crippen molar-refractivity contribution in [2.45, 2.75) is 56.8 Å². The van der Waals surface area contributed by atoms with Crippen LogP contribution in [-0.4, -0.2) is 33.1 Å². The lowest BCUT2D eigenvalue weighted by Gasteiger charge is -2.32. The van der Waals surface area contributed by atoms with Crippen LogP contribution in [0, 0.1) is 0 Å². The first-order valence-electron chi connectivity index (χ1n) is 11.5.